The number of carbonyl (C=O) groups is 1. The zero-order chi connectivity index (χ0) is 13.0. The Labute approximate surface area is 108 Å². The number of rotatable bonds is 4. The first-order valence-electron chi connectivity index (χ1n) is 6.50. The van der Waals surface area contributed by atoms with Crippen LogP contribution in [0.1, 0.15) is 36.5 Å². The van der Waals surface area contributed by atoms with E-state index in [1.165, 1.54) is 0 Å². The fourth-order valence-corrected chi connectivity index (χ4v) is 2.35. The average molecular weight is 248 g/mol. The minimum absolute atomic E-state index is 0.0770. The first kappa shape index (κ1) is 12.9. The lowest BCUT2D eigenvalue weighted by atomic mass is 10.1. The molecule has 0 spiro atoms. The molecule has 2 atom stereocenters. The summed E-state index contributed by atoms with van der Waals surface area (Å²) in [6.45, 7) is 2.45. The minimum atomic E-state index is -0.0959. The molecule has 0 heterocycles. The van der Waals surface area contributed by atoms with E-state index in [2.05, 4.69) is 5.32 Å². The van der Waals surface area contributed by atoms with Gasteiger partial charge in [0.05, 0.1) is 12.2 Å². The van der Waals surface area contributed by atoms with Gasteiger partial charge in [-0.3, -0.25) is 4.79 Å². The van der Waals surface area contributed by atoms with Crippen LogP contribution in [0.3, 0.4) is 0 Å². The van der Waals surface area contributed by atoms with Gasteiger partial charge in [0, 0.05) is 12.1 Å². The maximum absolute atomic E-state index is 12.2. The summed E-state index contributed by atoms with van der Waals surface area (Å²) in [5.41, 5.74) is 6.54. The molecule has 1 aromatic carbocycles. The zero-order valence-electron chi connectivity index (χ0n) is 10.7. The summed E-state index contributed by atoms with van der Waals surface area (Å²) in [5, 5.41) is 3.00. The zero-order valence-corrected chi connectivity index (χ0v) is 10.7. The van der Waals surface area contributed by atoms with Crippen LogP contribution in [0.25, 0.3) is 0 Å². The summed E-state index contributed by atoms with van der Waals surface area (Å²) < 4.78 is 5.46. The summed E-state index contributed by atoms with van der Waals surface area (Å²) in [5.74, 6) is 0.533. The van der Waals surface area contributed by atoms with Crippen molar-refractivity contribution in [1.82, 2.24) is 5.32 Å². The molecule has 0 aliphatic heterocycles. The molecule has 0 radical (unpaired) electrons. The van der Waals surface area contributed by atoms with E-state index in [1.807, 2.05) is 25.1 Å². The van der Waals surface area contributed by atoms with Crippen LogP contribution in [0.15, 0.2) is 24.3 Å². The van der Waals surface area contributed by atoms with Crippen molar-refractivity contribution >= 4 is 5.91 Å². The molecule has 2 unspecified atom stereocenters. The fourth-order valence-electron chi connectivity index (χ4n) is 2.35. The maximum Gasteiger partial charge on any atom is 0.255 e. The van der Waals surface area contributed by atoms with Crippen molar-refractivity contribution in [3.8, 4) is 5.75 Å². The normalized spacial score (nSPS) is 22.8. The molecule has 1 amide bonds. The predicted molar refractivity (Wildman–Crippen MR) is 70.7 cm³/mol. The number of ether oxygens (including phenoxy) is 1. The van der Waals surface area contributed by atoms with Crippen molar-refractivity contribution in [2.45, 2.75) is 38.3 Å². The quantitative estimate of drug-likeness (QED) is 0.852. The Kier molecular flexibility index (Phi) is 4.20. The Morgan fingerprint density at radius 1 is 1.44 bits per heavy atom. The second kappa shape index (κ2) is 5.87. The number of hydrogen-bond acceptors (Lipinski definition) is 3. The monoisotopic (exact) mass is 248 g/mol. The number of hydrogen-bond donors (Lipinski definition) is 2. The van der Waals surface area contributed by atoms with Crippen LogP contribution in [-0.2, 0) is 0 Å². The summed E-state index contributed by atoms with van der Waals surface area (Å²) in [6, 6.07) is 7.46. The number of para-hydroxylation sites is 1. The third-order valence-corrected chi connectivity index (χ3v) is 3.32. The first-order valence-corrected chi connectivity index (χ1v) is 6.50. The number of nitrogens with two attached hydrogens (primary N) is 1. The van der Waals surface area contributed by atoms with Crippen molar-refractivity contribution in [3.63, 3.8) is 0 Å². The van der Waals surface area contributed by atoms with E-state index in [4.69, 9.17) is 10.5 Å². The van der Waals surface area contributed by atoms with Gasteiger partial charge in [-0.1, -0.05) is 12.1 Å². The molecule has 98 valence electrons. The highest BCUT2D eigenvalue weighted by atomic mass is 16.5. The predicted octanol–water partition coefficient (Wildman–Crippen LogP) is 1.69. The number of nitrogens with one attached hydrogen (secondary N) is 1. The van der Waals surface area contributed by atoms with E-state index < -0.39 is 0 Å². The summed E-state index contributed by atoms with van der Waals surface area (Å²) in [6.07, 6.45) is 3.03. The second-order valence-electron chi connectivity index (χ2n) is 4.60. The van der Waals surface area contributed by atoms with Crippen LogP contribution in [0.4, 0.5) is 0 Å². The highest BCUT2D eigenvalue weighted by molar-refractivity contribution is 5.97. The molecule has 3 N–H and O–H groups in total. The van der Waals surface area contributed by atoms with Crippen LogP contribution < -0.4 is 15.8 Å². The maximum atomic E-state index is 12.2. The lowest BCUT2D eigenvalue weighted by Crippen LogP contribution is -2.44. The van der Waals surface area contributed by atoms with Crippen LogP contribution in [0, 0.1) is 0 Å². The van der Waals surface area contributed by atoms with Gasteiger partial charge in [0.1, 0.15) is 5.75 Å². The topological polar surface area (TPSA) is 64.3 Å². The molecule has 1 aliphatic carbocycles. The average Bonchev–Trinajstić information content (AvgIpc) is 2.76. The molecule has 2 rings (SSSR count). The van der Waals surface area contributed by atoms with Gasteiger partial charge >= 0.3 is 0 Å². The summed E-state index contributed by atoms with van der Waals surface area (Å²) in [4.78, 5) is 12.2. The molecular weight excluding hydrogens is 228 g/mol. The largest absolute Gasteiger partial charge is 0.493 e. The minimum Gasteiger partial charge on any atom is -0.493 e. The Hall–Kier alpha value is -1.55. The summed E-state index contributed by atoms with van der Waals surface area (Å²) in [7, 11) is 0. The van der Waals surface area contributed by atoms with Gasteiger partial charge in [-0.25, -0.2) is 0 Å². The third kappa shape index (κ3) is 2.82. The fraction of sp³-hybridized carbons (Fsp3) is 0.500. The van der Waals surface area contributed by atoms with Crippen LogP contribution in [0.2, 0.25) is 0 Å². The number of amides is 1. The standard InChI is InChI=1S/C14H20N2O2/c1-2-18-13-9-4-3-6-10(13)14(17)16-12-8-5-7-11(12)15/h3-4,6,9,11-12H,2,5,7-8,15H2,1H3,(H,16,17). The van der Waals surface area contributed by atoms with Gasteiger partial charge in [0.25, 0.3) is 5.91 Å². The van der Waals surface area contributed by atoms with Crippen molar-refractivity contribution in [3.05, 3.63) is 29.8 Å². The van der Waals surface area contributed by atoms with E-state index in [0.29, 0.717) is 17.9 Å². The molecular formula is C14H20N2O2. The molecule has 0 aromatic heterocycles. The van der Waals surface area contributed by atoms with Crippen molar-refractivity contribution in [2.75, 3.05) is 6.61 Å². The van der Waals surface area contributed by atoms with Gasteiger partial charge in [0.2, 0.25) is 0 Å². The van der Waals surface area contributed by atoms with Gasteiger partial charge in [-0.2, -0.15) is 0 Å². The van der Waals surface area contributed by atoms with Gasteiger partial charge < -0.3 is 15.8 Å². The number of carbonyl (C=O) groups excluding carboxylic acids is 1. The third-order valence-electron chi connectivity index (χ3n) is 3.32. The molecule has 1 aliphatic rings. The Bertz CT molecular complexity index is 420. The van der Waals surface area contributed by atoms with E-state index in [0.717, 1.165) is 19.3 Å². The highest BCUT2D eigenvalue weighted by Crippen LogP contribution is 2.21. The van der Waals surface area contributed by atoms with E-state index >= 15 is 0 Å². The molecule has 4 heteroatoms. The van der Waals surface area contributed by atoms with Crippen LogP contribution in [0.5, 0.6) is 5.75 Å². The van der Waals surface area contributed by atoms with Gasteiger partial charge in [-0.05, 0) is 38.3 Å². The Morgan fingerprint density at radius 2 is 2.22 bits per heavy atom. The molecule has 4 nitrogen and oxygen atoms in total. The Balaban J connectivity index is 2.08. The van der Waals surface area contributed by atoms with E-state index in [-0.39, 0.29) is 18.0 Å². The van der Waals surface area contributed by atoms with E-state index in [9.17, 15) is 4.79 Å². The molecule has 0 saturated heterocycles. The van der Waals surface area contributed by atoms with Crippen LogP contribution >= 0.6 is 0 Å². The first-order chi connectivity index (χ1) is 8.72. The van der Waals surface area contributed by atoms with E-state index in [1.54, 1.807) is 6.07 Å². The van der Waals surface area contributed by atoms with Gasteiger partial charge in [-0.15, -0.1) is 0 Å². The molecule has 1 aromatic rings. The van der Waals surface area contributed by atoms with Crippen molar-refractivity contribution in [2.24, 2.45) is 5.73 Å². The number of benzene rings is 1. The Morgan fingerprint density at radius 3 is 2.89 bits per heavy atom. The SMILES string of the molecule is CCOc1ccccc1C(=O)NC1CCCC1N. The molecule has 0 bridgehead atoms. The lowest BCUT2D eigenvalue weighted by molar-refractivity contribution is 0.0931. The smallest absolute Gasteiger partial charge is 0.255 e. The summed E-state index contributed by atoms with van der Waals surface area (Å²) >= 11 is 0. The second-order valence-corrected chi connectivity index (χ2v) is 4.60. The molecule has 18 heavy (non-hydrogen) atoms. The highest BCUT2D eigenvalue weighted by Gasteiger charge is 2.26. The molecule has 1 fully saturated rings. The van der Waals surface area contributed by atoms with Crippen molar-refractivity contribution in [1.29, 1.82) is 0 Å². The van der Waals surface area contributed by atoms with Crippen LogP contribution in [-0.4, -0.2) is 24.6 Å². The lowest BCUT2D eigenvalue weighted by Gasteiger charge is -2.18. The van der Waals surface area contributed by atoms with Crippen molar-refractivity contribution < 1.29 is 9.53 Å². The van der Waals surface area contributed by atoms with Gasteiger partial charge in [0.15, 0.2) is 0 Å². The molecule has 1 saturated carbocycles.